The van der Waals surface area contributed by atoms with E-state index in [-0.39, 0.29) is 5.82 Å². The molecule has 4 heteroatoms. The number of nitrogens with zero attached hydrogens (tertiary/aromatic N) is 2. The number of pyridine rings is 1. The maximum atomic E-state index is 13.9. The second kappa shape index (κ2) is 5.75. The highest BCUT2D eigenvalue weighted by atomic mass is 19.1. The van der Waals surface area contributed by atoms with E-state index in [1.54, 1.807) is 12.1 Å². The van der Waals surface area contributed by atoms with E-state index in [0.717, 1.165) is 34.3 Å². The van der Waals surface area contributed by atoms with Gasteiger partial charge in [-0.25, -0.2) is 4.39 Å². The van der Waals surface area contributed by atoms with Gasteiger partial charge in [0.1, 0.15) is 5.82 Å². The summed E-state index contributed by atoms with van der Waals surface area (Å²) < 4.78 is 13.9. The van der Waals surface area contributed by atoms with Crippen molar-refractivity contribution < 1.29 is 4.39 Å². The second-order valence-electron chi connectivity index (χ2n) is 5.68. The van der Waals surface area contributed by atoms with Crippen molar-refractivity contribution in [3.05, 3.63) is 35.3 Å². The fraction of sp³-hybridized carbons (Fsp3) is 0.438. The van der Waals surface area contributed by atoms with Crippen LogP contribution in [0.4, 0.5) is 10.1 Å². The zero-order valence-electron chi connectivity index (χ0n) is 12.6. The molecule has 0 radical (unpaired) electrons. The van der Waals surface area contributed by atoms with E-state index in [9.17, 15) is 4.39 Å². The highest BCUT2D eigenvalue weighted by Crippen LogP contribution is 2.29. The highest BCUT2D eigenvalue weighted by Gasteiger charge is 2.13. The van der Waals surface area contributed by atoms with Gasteiger partial charge in [-0.1, -0.05) is 6.92 Å². The zero-order valence-corrected chi connectivity index (χ0v) is 12.6. The van der Waals surface area contributed by atoms with Gasteiger partial charge in [-0.3, -0.25) is 4.98 Å². The molecule has 0 aliphatic heterocycles. The molecule has 1 heterocycles. The van der Waals surface area contributed by atoms with Crippen LogP contribution < -0.4 is 10.6 Å². The molecule has 3 nitrogen and oxygen atoms in total. The quantitative estimate of drug-likeness (QED) is 0.933. The molecule has 2 rings (SSSR count). The van der Waals surface area contributed by atoms with Crippen molar-refractivity contribution in [1.29, 1.82) is 0 Å². The molecule has 0 bridgehead atoms. The molecule has 1 atom stereocenters. The molecule has 1 aromatic carbocycles. The fourth-order valence-electron chi connectivity index (χ4n) is 2.45. The monoisotopic (exact) mass is 275 g/mol. The summed E-state index contributed by atoms with van der Waals surface area (Å²) in [6.45, 7) is 4.62. The number of hydrogen-bond acceptors (Lipinski definition) is 3. The normalized spacial score (nSPS) is 12.7. The number of aromatic nitrogens is 1. The average Bonchev–Trinajstić information content (AvgIpc) is 2.38. The number of aryl methyl sites for hydroxylation is 1. The highest BCUT2D eigenvalue weighted by molar-refractivity contribution is 5.93. The van der Waals surface area contributed by atoms with Crippen molar-refractivity contribution >= 4 is 16.6 Å². The second-order valence-corrected chi connectivity index (χ2v) is 5.68. The molecule has 0 amide bonds. The Balaban J connectivity index is 2.69. The van der Waals surface area contributed by atoms with E-state index in [0.29, 0.717) is 12.5 Å². The Kier molecular flexibility index (Phi) is 4.23. The van der Waals surface area contributed by atoms with Gasteiger partial charge in [0.25, 0.3) is 0 Å². The molecule has 0 aliphatic rings. The third kappa shape index (κ3) is 2.90. The summed E-state index contributed by atoms with van der Waals surface area (Å²) in [6, 6.07) is 5.13. The number of anilines is 1. The molecule has 2 aromatic rings. The molecule has 0 fully saturated rings. The first-order valence-corrected chi connectivity index (χ1v) is 6.89. The average molecular weight is 275 g/mol. The first-order chi connectivity index (χ1) is 9.42. The van der Waals surface area contributed by atoms with Gasteiger partial charge in [-0.2, -0.15) is 0 Å². The standard InChI is InChI=1S/C16H22FN3/c1-10(9-18)5-12-7-13(17)8-14-15(20(3)4)6-11(2)19-16(12)14/h6-8,10H,5,9,18H2,1-4H3. The number of benzene rings is 1. The molecule has 0 spiro atoms. The summed E-state index contributed by atoms with van der Waals surface area (Å²) >= 11 is 0. The van der Waals surface area contributed by atoms with Gasteiger partial charge in [0, 0.05) is 30.9 Å². The molecule has 108 valence electrons. The van der Waals surface area contributed by atoms with Crippen LogP contribution in [0.5, 0.6) is 0 Å². The summed E-state index contributed by atoms with van der Waals surface area (Å²) in [5.41, 5.74) is 9.44. The molecule has 0 aliphatic carbocycles. The predicted molar refractivity (Wildman–Crippen MR) is 82.7 cm³/mol. The topological polar surface area (TPSA) is 42.1 Å². The lowest BCUT2D eigenvalue weighted by Crippen LogP contribution is -2.14. The van der Waals surface area contributed by atoms with Gasteiger partial charge in [0.15, 0.2) is 0 Å². The Labute approximate surface area is 119 Å². The maximum absolute atomic E-state index is 13.9. The van der Waals surface area contributed by atoms with E-state index in [1.165, 1.54) is 0 Å². The number of halogens is 1. The molecule has 1 aromatic heterocycles. The van der Waals surface area contributed by atoms with Crippen molar-refractivity contribution in [3.8, 4) is 0 Å². The fourth-order valence-corrected chi connectivity index (χ4v) is 2.45. The molecule has 0 saturated carbocycles. The number of nitrogens with two attached hydrogens (primary N) is 1. The summed E-state index contributed by atoms with van der Waals surface area (Å²) in [7, 11) is 3.92. The van der Waals surface area contributed by atoms with Gasteiger partial charge < -0.3 is 10.6 Å². The zero-order chi connectivity index (χ0) is 14.9. The van der Waals surface area contributed by atoms with E-state index in [4.69, 9.17) is 5.73 Å². The molecular weight excluding hydrogens is 253 g/mol. The van der Waals surface area contributed by atoms with Crippen LogP contribution in [-0.2, 0) is 6.42 Å². The van der Waals surface area contributed by atoms with E-state index in [2.05, 4.69) is 11.9 Å². The molecule has 20 heavy (non-hydrogen) atoms. The van der Waals surface area contributed by atoms with Gasteiger partial charge in [-0.15, -0.1) is 0 Å². The van der Waals surface area contributed by atoms with Crippen molar-refractivity contribution in [2.24, 2.45) is 11.7 Å². The van der Waals surface area contributed by atoms with Crippen LogP contribution in [0.3, 0.4) is 0 Å². The third-order valence-corrected chi connectivity index (χ3v) is 3.52. The SMILES string of the molecule is Cc1cc(N(C)C)c2cc(F)cc(CC(C)CN)c2n1. The van der Waals surface area contributed by atoms with Gasteiger partial charge in [-0.05, 0) is 49.6 Å². The van der Waals surface area contributed by atoms with E-state index in [1.807, 2.05) is 32.0 Å². The van der Waals surface area contributed by atoms with Crippen molar-refractivity contribution in [2.45, 2.75) is 20.3 Å². The number of rotatable bonds is 4. The molecular formula is C16H22FN3. The Morgan fingerprint density at radius 1 is 1.30 bits per heavy atom. The summed E-state index contributed by atoms with van der Waals surface area (Å²) in [5, 5.41) is 0.861. The smallest absolute Gasteiger partial charge is 0.124 e. The first kappa shape index (κ1) is 14.7. The van der Waals surface area contributed by atoms with E-state index < -0.39 is 0 Å². The molecule has 0 saturated heterocycles. The van der Waals surface area contributed by atoms with Gasteiger partial charge in [0.2, 0.25) is 0 Å². The Morgan fingerprint density at radius 2 is 2.00 bits per heavy atom. The lowest BCUT2D eigenvalue weighted by atomic mass is 9.97. The van der Waals surface area contributed by atoms with Crippen LogP contribution in [0.25, 0.3) is 10.9 Å². The minimum atomic E-state index is -0.217. The molecule has 2 N–H and O–H groups in total. The summed E-state index contributed by atoms with van der Waals surface area (Å²) in [6.07, 6.45) is 0.744. The van der Waals surface area contributed by atoms with Crippen LogP contribution in [0.2, 0.25) is 0 Å². The summed E-state index contributed by atoms with van der Waals surface area (Å²) in [5.74, 6) is 0.0931. The lowest BCUT2D eigenvalue weighted by Gasteiger charge is -2.18. The first-order valence-electron chi connectivity index (χ1n) is 6.89. The van der Waals surface area contributed by atoms with Crippen LogP contribution in [-0.4, -0.2) is 25.6 Å². The Morgan fingerprint density at radius 3 is 2.60 bits per heavy atom. The van der Waals surface area contributed by atoms with Gasteiger partial charge in [0.05, 0.1) is 5.52 Å². The Bertz CT molecular complexity index is 623. The van der Waals surface area contributed by atoms with Crippen molar-refractivity contribution in [2.75, 3.05) is 25.5 Å². The number of fused-ring (bicyclic) bond motifs is 1. The van der Waals surface area contributed by atoms with Crippen molar-refractivity contribution in [3.63, 3.8) is 0 Å². The van der Waals surface area contributed by atoms with Crippen LogP contribution in [0.1, 0.15) is 18.2 Å². The van der Waals surface area contributed by atoms with Gasteiger partial charge >= 0.3 is 0 Å². The van der Waals surface area contributed by atoms with Crippen LogP contribution in [0.15, 0.2) is 18.2 Å². The van der Waals surface area contributed by atoms with Crippen molar-refractivity contribution in [1.82, 2.24) is 4.98 Å². The lowest BCUT2D eigenvalue weighted by molar-refractivity contribution is 0.586. The number of hydrogen-bond donors (Lipinski definition) is 1. The van der Waals surface area contributed by atoms with E-state index >= 15 is 0 Å². The predicted octanol–water partition coefficient (Wildman–Crippen LogP) is 2.89. The Hall–Kier alpha value is -1.68. The summed E-state index contributed by atoms with van der Waals surface area (Å²) in [4.78, 5) is 6.61. The van der Waals surface area contributed by atoms with Crippen LogP contribution >= 0.6 is 0 Å². The minimum Gasteiger partial charge on any atom is -0.377 e. The van der Waals surface area contributed by atoms with Crippen LogP contribution in [0, 0.1) is 18.7 Å². The molecule has 1 unspecified atom stereocenters. The minimum absolute atomic E-state index is 0.217. The largest absolute Gasteiger partial charge is 0.377 e. The third-order valence-electron chi connectivity index (χ3n) is 3.52. The maximum Gasteiger partial charge on any atom is 0.124 e.